The highest BCUT2D eigenvalue weighted by Crippen LogP contribution is 2.22. The van der Waals surface area contributed by atoms with E-state index in [0.29, 0.717) is 17.9 Å². The number of carbonyl (C=O) groups excluding carboxylic acids is 1. The number of ether oxygens (including phenoxy) is 1. The molecule has 0 aliphatic rings. The van der Waals surface area contributed by atoms with Gasteiger partial charge in [-0.25, -0.2) is 4.98 Å². The molecule has 5 heteroatoms. The maximum absolute atomic E-state index is 12.2. The zero-order valence-corrected chi connectivity index (χ0v) is 13.5. The predicted molar refractivity (Wildman–Crippen MR) is 91.7 cm³/mol. The highest BCUT2D eigenvalue weighted by Gasteiger charge is 2.07. The average molecular weight is 324 g/mol. The lowest BCUT2D eigenvalue weighted by atomic mass is 10.1. The molecule has 3 aromatic rings. The minimum absolute atomic E-state index is 0.122. The first-order chi connectivity index (χ1) is 11.3. The number of rotatable bonds is 5. The van der Waals surface area contributed by atoms with E-state index >= 15 is 0 Å². The third-order valence-electron chi connectivity index (χ3n) is 3.39. The Kier molecular flexibility index (Phi) is 4.68. The largest absolute Gasteiger partial charge is 0.497 e. The summed E-state index contributed by atoms with van der Waals surface area (Å²) in [6.45, 7) is 0.468. The summed E-state index contributed by atoms with van der Waals surface area (Å²) in [6.07, 6.45) is 1.79. The second kappa shape index (κ2) is 7.07. The summed E-state index contributed by atoms with van der Waals surface area (Å²) in [5.74, 6) is 0.548. The Balaban J connectivity index is 1.68. The Bertz CT molecular complexity index is 800. The SMILES string of the molecule is COc1cccc(C(=O)NCc2cccc(-c3nccs3)c2)c1. The van der Waals surface area contributed by atoms with Crippen molar-refractivity contribution in [2.75, 3.05) is 7.11 Å². The number of nitrogens with zero attached hydrogens (tertiary/aromatic N) is 1. The van der Waals surface area contributed by atoms with Crippen LogP contribution in [-0.4, -0.2) is 18.0 Å². The van der Waals surface area contributed by atoms with Gasteiger partial charge in [0.15, 0.2) is 0 Å². The number of aromatic nitrogens is 1. The van der Waals surface area contributed by atoms with Crippen molar-refractivity contribution < 1.29 is 9.53 Å². The Labute approximate surface area is 138 Å². The van der Waals surface area contributed by atoms with Gasteiger partial charge in [-0.05, 0) is 29.8 Å². The summed E-state index contributed by atoms with van der Waals surface area (Å²) in [7, 11) is 1.58. The first kappa shape index (κ1) is 15.2. The summed E-state index contributed by atoms with van der Waals surface area (Å²) in [5, 5.41) is 5.86. The van der Waals surface area contributed by atoms with Crippen molar-refractivity contribution in [3.8, 4) is 16.3 Å². The second-order valence-corrected chi connectivity index (χ2v) is 5.85. The summed E-state index contributed by atoms with van der Waals surface area (Å²) in [6, 6.07) is 15.1. The molecular weight excluding hydrogens is 308 g/mol. The molecule has 116 valence electrons. The van der Waals surface area contributed by atoms with E-state index in [1.165, 1.54) is 0 Å². The Morgan fingerprint density at radius 2 is 2.09 bits per heavy atom. The molecule has 2 aromatic carbocycles. The van der Waals surface area contributed by atoms with Crippen LogP contribution in [-0.2, 0) is 6.54 Å². The number of hydrogen-bond acceptors (Lipinski definition) is 4. The smallest absolute Gasteiger partial charge is 0.251 e. The quantitative estimate of drug-likeness (QED) is 0.777. The van der Waals surface area contributed by atoms with Crippen molar-refractivity contribution in [2.45, 2.75) is 6.54 Å². The highest BCUT2D eigenvalue weighted by atomic mass is 32.1. The Morgan fingerprint density at radius 1 is 1.22 bits per heavy atom. The van der Waals surface area contributed by atoms with Crippen LogP contribution in [0.15, 0.2) is 60.1 Å². The van der Waals surface area contributed by atoms with Crippen molar-refractivity contribution in [3.63, 3.8) is 0 Å². The van der Waals surface area contributed by atoms with Crippen LogP contribution in [0.25, 0.3) is 10.6 Å². The standard InChI is InChI=1S/C18H16N2O2S/c1-22-16-7-3-5-14(11-16)17(21)20-12-13-4-2-6-15(10-13)18-19-8-9-23-18/h2-11H,12H2,1H3,(H,20,21). The van der Waals surface area contributed by atoms with Crippen molar-refractivity contribution in [1.29, 1.82) is 0 Å². The van der Waals surface area contributed by atoms with Crippen LogP contribution in [0.5, 0.6) is 5.75 Å². The van der Waals surface area contributed by atoms with Gasteiger partial charge < -0.3 is 10.1 Å². The van der Waals surface area contributed by atoms with Crippen molar-refractivity contribution in [2.24, 2.45) is 0 Å². The fourth-order valence-corrected chi connectivity index (χ4v) is 2.86. The molecule has 0 aliphatic carbocycles. The Morgan fingerprint density at radius 3 is 2.87 bits per heavy atom. The number of methoxy groups -OCH3 is 1. The normalized spacial score (nSPS) is 10.3. The van der Waals surface area contributed by atoms with Gasteiger partial charge >= 0.3 is 0 Å². The first-order valence-corrected chi connectivity index (χ1v) is 8.05. The van der Waals surface area contributed by atoms with E-state index in [0.717, 1.165) is 16.1 Å². The monoisotopic (exact) mass is 324 g/mol. The molecule has 0 unspecified atom stereocenters. The molecule has 1 aromatic heterocycles. The van der Waals surface area contributed by atoms with Crippen LogP contribution in [0.4, 0.5) is 0 Å². The molecule has 3 rings (SSSR count). The summed E-state index contributed by atoms with van der Waals surface area (Å²) >= 11 is 1.60. The molecule has 1 N–H and O–H groups in total. The first-order valence-electron chi connectivity index (χ1n) is 7.17. The van der Waals surface area contributed by atoms with Crippen LogP contribution in [0.3, 0.4) is 0 Å². The molecule has 0 fully saturated rings. The van der Waals surface area contributed by atoms with Gasteiger partial charge in [-0.2, -0.15) is 0 Å². The van der Waals surface area contributed by atoms with Gasteiger partial charge in [-0.15, -0.1) is 11.3 Å². The topological polar surface area (TPSA) is 51.2 Å². The summed E-state index contributed by atoms with van der Waals surface area (Å²) < 4.78 is 5.14. The van der Waals surface area contributed by atoms with Crippen LogP contribution < -0.4 is 10.1 Å². The van der Waals surface area contributed by atoms with Gasteiger partial charge in [-0.1, -0.05) is 24.3 Å². The van der Waals surface area contributed by atoms with E-state index < -0.39 is 0 Å². The molecule has 0 saturated carbocycles. The minimum Gasteiger partial charge on any atom is -0.497 e. The molecule has 23 heavy (non-hydrogen) atoms. The minimum atomic E-state index is -0.122. The third kappa shape index (κ3) is 3.76. The molecule has 1 heterocycles. The van der Waals surface area contributed by atoms with E-state index in [1.807, 2.05) is 35.7 Å². The zero-order chi connectivity index (χ0) is 16.1. The Hall–Kier alpha value is -2.66. The molecule has 0 radical (unpaired) electrons. The van der Waals surface area contributed by atoms with E-state index in [2.05, 4.69) is 10.3 Å². The van der Waals surface area contributed by atoms with E-state index in [1.54, 1.807) is 42.8 Å². The average Bonchev–Trinajstić information content (AvgIpc) is 3.14. The molecule has 1 amide bonds. The van der Waals surface area contributed by atoms with E-state index in [-0.39, 0.29) is 5.91 Å². The molecule has 0 bridgehead atoms. The fraction of sp³-hybridized carbons (Fsp3) is 0.111. The van der Waals surface area contributed by atoms with Gasteiger partial charge in [0.25, 0.3) is 5.91 Å². The highest BCUT2D eigenvalue weighted by molar-refractivity contribution is 7.13. The van der Waals surface area contributed by atoms with Crippen molar-refractivity contribution in [3.05, 3.63) is 71.2 Å². The number of carbonyl (C=O) groups is 1. The molecule has 4 nitrogen and oxygen atoms in total. The predicted octanol–water partition coefficient (Wildman–Crippen LogP) is 3.75. The van der Waals surface area contributed by atoms with Crippen molar-refractivity contribution >= 4 is 17.2 Å². The molecule has 0 atom stereocenters. The van der Waals surface area contributed by atoms with Crippen LogP contribution in [0.2, 0.25) is 0 Å². The van der Waals surface area contributed by atoms with Crippen molar-refractivity contribution in [1.82, 2.24) is 10.3 Å². The van der Waals surface area contributed by atoms with Gasteiger partial charge in [0.1, 0.15) is 10.8 Å². The second-order valence-electron chi connectivity index (χ2n) is 4.95. The number of thiazole rings is 1. The summed E-state index contributed by atoms with van der Waals surface area (Å²) in [5.41, 5.74) is 2.68. The van der Waals surface area contributed by atoms with Gasteiger partial charge in [0.2, 0.25) is 0 Å². The number of hydrogen-bond donors (Lipinski definition) is 1. The lowest BCUT2D eigenvalue weighted by Crippen LogP contribution is -2.22. The zero-order valence-electron chi connectivity index (χ0n) is 12.7. The van der Waals surface area contributed by atoms with Crippen LogP contribution in [0, 0.1) is 0 Å². The van der Waals surface area contributed by atoms with Gasteiger partial charge in [-0.3, -0.25) is 4.79 Å². The number of benzene rings is 2. The molecule has 0 aliphatic heterocycles. The van der Waals surface area contributed by atoms with E-state index in [9.17, 15) is 4.79 Å². The molecule has 0 spiro atoms. The molecular formula is C18H16N2O2S. The lowest BCUT2D eigenvalue weighted by molar-refractivity contribution is 0.0950. The van der Waals surface area contributed by atoms with Crippen LogP contribution in [0.1, 0.15) is 15.9 Å². The van der Waals surface area contributed by atoms with Gasteiger partial charge in [0.05, 0.1) is 7.11 Å². The van der Waals surface area contributed by atoms with Crippen LogP contribution >= 0.6 is 11.3 Å². The maximum Gasteiger partial charge on any atom is 0.251 e. The van der Waals surface area contributed by atoms with Gasteiger partial charge in [0, 0.05) is 29.2 Å². The lowest BCUT2D eigenvalue weighted by Gasteiger charge is -2.08. The number of amides is 1. The third-order valence-corrected chi connectivity index (χ3v) is 4.21. The molecule has 0 saturated heterocycles. The number of nitrogens with one attached hydrogen (secondary N) is 1. The fourth-order valence-electron chi connectivity index (χ4n) is 2.23. The maximum atomic E-state index is 12.2. The summed E-state index contributed by atoms with van der Waals surface area (Å²) in [4.78, 5) is 16.5. The van der Waals surface area contributed by atoms with E-state index in [4.69, 9.17) is 4.74 Å².